The molecule has 256 valence electrons. The molecule has 6 aromatic carbocycles. The molecule has 2 atom stereocenters. The number of amides is 2. The summed E-state index contributed by atoms with van der Waals surface area (Å²) in [6, 6.07) is 39.5. The van der Waals surface area contributed by atoms with Crippen molar-refractivity contribution in [2.45, 2.75) is 19.1 Å². The largest absolute Gasteiger partial charge is 0.489 e. The lowest BCUT2D eigenvalue weighted by Gasteiger charge is -2.25. The Morgan fingerprint density at radius 3 is 2.14 bits per heavy atom. The molecule has 0 saturated heterocycles. The second-order valence-corrected chi connectivity index (χ2v) is 12.8. The first-order chi connectivity index (χ1) is 24.7. The molecule has 0 aliphatic carbocycles. The van der Waals surface area contributed by atoms with Gasteiger partial charge in [0.2, 0.25) is 0 Å². The molecular formula is C39H30ClN3O7S. The number of anilines is 1. The van der Waals surface area contributed by atoms with Crippen LogP contribution in [0.3, 0.4) is 0 Å². The van der Waals surface area contributed by atoms with E-state index < -0.39 is 39.7 Å². The van der Waals surface area contributed by atoms with Gasteiger partial charge in [0.1, 0.15) is 23.4 Å². The standard InChI is InChI=1S/C39H30ClN3O7S/c40-35-21-18-33(24-37(35)43(46)47)42(51(48)49)39(45)36(41-38(44)32-17-16-29-8-4-5-9-31(29)23-32)22-26-12-19-34(20-13-26)50-25-27-10-14-30(15-11-27)28-6-2-1-3-7-28/h1-21,23-24,36H,22,25H2,(H,41,44)(H,48,49)/t36-/m0/s1. The average Bonchev–Trinajstić information content (AvgIpc) is 3.15. The van der Waals surface area contributed by atoms with Crippen LogP contribution in [0.15, 0.2) is 140 Å². The van der Waals surface area contributed by atoms with Gasteiger partial charge in [-0.2, -0.15) is 0 Å². The second kappa shape index (κ2) is 15.8. The van der Waals surface area contributed by atoms with Crippen LogP contribution in [-0.4, -0.2) is 31.5 Å². The number of fused-ring (bicyclic) bond motifs is 1. The number of rotatable bonds is 12. The van der Waals surface area contributed by atoms with E-state index in [0.717, 1.165) is 39.6 Å². The van der Waals surface area contributed by atoms with Crippen molar-refractivity contribution >= 4 is 56.8 Å². The molecule has 10 nitrogen and oxygen atoms in total. The number of carbonyl (C=O) groups excluding carboxylic acids is 2. The fraction of sp³-hybridized carbons (Fsp3) is 0.0769. The minimum atomic E-state index is -2.96. The molecule has 0 aromatic heterocycles. The third kappa shape index (κ3) is 8.47. The molecular weight excluding hydrogens is 690 g/mol. The van der Waals surface area contributed by atoms with Crippen molar-refractivity contribution < 1.29 is 28.0 Å². The van der Waals surface area contributed by atoms with Crippen LogP contribution in [0.4, 0.5) is 11.4 Å². The van der Waals surface area contributed by atoms with E-state index in [1.54, 1.807) is 42.5 Å². The molecule has 2 amide bonds. The maximum absolute atomic E-state index is 14.0. The van der Waals surface area contributed by atoms with Crippen molar-refractivity contribution in [1.82, 2.24) is 5.32 Å². The molecule has 0 aliphatic heterocycles. The van der Waals surface area contributed by atoms with Gasteiger partial charge < -0.3 is 10.1 Å². The average molecular weight is 720 g/mol. The third-order valence-corrected chi connectivity index (χ3v) is 9.18. The summed E-state index contributed by atoms with van der Waals surface area (Å²) in [7, 11) is 0. The Kier molecular flexibility index (Phi) is 10.8. The first-order valence-electron chi connectivity index (χ1n) is 15.7. The van der Waals surface area contributed by atoms with Gasteiger partial charge in [-0.15, -0.1) is 0 Å². The summed E-state index contributed by atoms with van der Waals surface area (Å²) in [6.45, 7) is 0.321. The molecule has 0 radical (unpaired) electrons. The Morgan fingerprint density at radius 1 is 0.804 bits per heavy atom. The maximum atomic E-state index is 14.0. The van der Waals surface area contributed by atoms with Crippen molar-refractivity contribution in [3.05, 3.63) is 171 Å². The molecule has 1 unspecified atom stereocenters. The molecule has 2 N–H and O–H groups in total. The maximum Gasteiger partial charge on any atom is 0.289 e. The van der Waals surface area contributed by atoms with E-state index >= 15 is 0 Å². The summed E-state index contributed by atoms with van der Waals surface area (Å²) in [5, 5.41) is 15.8. The minimum absolute atomic E-state index is 0.0806. The Labute approximate surface area is 300 Å². The summed E-state index contributed by atoms with van der Waals surface area (Å²) >= 11 is 2.99. The summed E-state index contributed by atoms with van der Waals surface area (Å²) in [4.78, 5) is 38.3. The number of hydrogen-bond donors (Lipinski definition) is 2. The topological polar surface area (TPSA) is 139 Å². The van der Waals surface area contributed by atoms with Gasteiger partial charge >= 0.3 is 0 Å². The van der Waals surface area contributed by atoms with E-state index in [2.05, 4.69) is 5.32 Å². The fourth-order valence-electron chi connectivity index (χ4n) is 5.52. The lowest BCUT2D eigenvalue weighted by molar-refractivity contribution is -0.384. The Balaban J connectivity index is 1.22. The second-order valence-electron chi connectivity index (χ2n) is 11.5. The van der Waals surface area contributed by atoms with Gasteiger partial charge in [0.05, 0.1) is 10.6 Å². The van der Waals surface area contributed by atoms with E-state index in [0.29, 0.717) is 22.2 Å². The van der Waals surface area contributed by atoms with Gasteiger partial charge in [0, 0.05) is 18.1 Å². The lowest BCUT2D eigenvalue weighted by atomic mass is 10.0. The van der Waals surface area contributed by atoms with E-state index in [1.807, 2.05) is 78.9 Å². The lowest BCUT2D eigenvalue weighted by Crippen LogP contribution is -2.50. The van der Waals surface area contributed by atoms with E-state index in [4.69, 9.17) is 16.3 Å². The summed E-state index contributed by atoms with van der Waals surface area (Å²) < 4.78 is 29.3. The highest BCUT2D eigenvalue weighted by Crippen LogP contribution is 2.31. The first kappa shape index (κ1) is 35.0. The Hall–Kier alpha value is -5.88. The van der Waals surface area contributed by atoms with Crippen LogP contribution >= 0.6 is 11.6 Å². The number of hydrogen-bond acceptors (Lipinski definition) is 6. The molecule has 0 heterocycles. The molecule has 51 heavy (non-hydrogen) atoms. The zero-order valence-electron chi connectivity index (χ0n) is 26.8. The smallest absolute Gasteiger partial charge is 0.289 e. The molecule has 0 fully saturated rings. The monoisotopic (exact) mass is 719 g/mol. The van der Waals surface area contributed by atoms with Crippen LogP contribution in [0.5, 0.6) is 5.75 Å². The number of ether oxygens (including phenoxy) is 1. The third-order valence-electron chi connectivity index (χ3n) is 8.16. The zero-order valence-corrected chi connectivity index (χ0v) is 28.4. The number of halogens is 1. The van der Waals surface area contributed by atoms with E-state index in [-0.39, 0.29) is 22.7 Å². The molecule has 0 bridgehead atoms. The van der Waals surface area contributed by atoms with Crippen LogP contribution in [0.1, 0.15) is 21.5 Å². The highest BCUT2D eigenvalue weighted by atomic mass is 35.5. The van der Waals surface area contributed by atoms with Gasteiger partial charge in [0.15, 0.2) is 0 Å². The minimum Gasteiger partial charge on any atom is -0.489 e. The van der Waals surface area contributed by atoms with Gasteiger partial charge in [-0.25, -0.2) is 8.51 Å². The SMILES string of the molecule is O=C(N[C@@H](Cc1ccc(OCc2ccc(-c3ccccc3)cc2)cc1)C(=O)N(c1ccc(Cl)c([N+](=O)[O-])c1)S(=O)O)c1ccc2ccccc2c1. The van der Waals surface area contributed by atoms with Crippen LogP contribution in [-0.2, 0) is 29.1 Å². The van der Waals surface area contributed by atoms with Gasteiger partial charge in [0.25, 0.3) is 28.8 Å². The summed E-state index contributed by atoms with van der Waals surface area (Å²) in [5.74, 6) is -0.996. The van der Waals surface area contributed by atoms with Gasteiger partial charge in [-0.05, 0) is 69.4 Å². The number of nitrogens with one attached hydrogen (secondary N) is 1. The number of nitro benzene ring substituents is 1. The highest BCUT2D eigenvalue weighted by molar-refractivity contribution is 7.81. The van der Waals surface area contributed by atoms with Crippen LogP contribution in [0.2, 0.25) is 5.02 Å². The van der Waals surface area contributed by atoms with Crippen molar-refractivity contribution in [3.63, 3.8) is 0 Å². The molecule has 0 aliphatic rings. The predicted octanol–water partition coefficient (Wildman–Crippen LogP) is 8.16. The van der Waals surface area contributed by atoms with E-state index in [1.165, 1.54) is 6.07 Å². The molecule has 6 rings (SSSR count). The Bertz CT molecular complexity index is 2230. The molecule has 0 saturated carbocycles. The van der Waals surface area contributed by atoms with Crippen LogP contribution < -0.4 is 14.4 Å². The van der Waals surface area contributed by atoms with Crippen molar-refractivity contribution in [3.8, 4) is 16.9 Å². The van der Waals surface area contributed by atoms with Gasteiger partial charge in [-0.1, -0.05) is 109 Å². The van der Waals surface area contributed by atoms with Gasteiger partial charge in [-0.3, -0.25) is 24.3 Å². The highest BCUT2D eigenvalue weighted by Gasteiger charge is 2.32. The van der Waals surface area contributed by atoms with Crippen molar-refractivity contribution in [2.24, 2.45) is 0 Å². The van der Waals surface area contributed by atoms with Crippen LogP contribution in [0.25, 0.3) is 21.9 Å². The number of nitro groups is 1. The summed E-state index contributed by atoms with van der Waals surface area (Å²) in [5.41, 5.74) is 3.26. The number of benzene rings is 6. The quantitative estimate of drug-likeness (QED) is 0.0739. The van der Waals surface area contributed by atoms with Crippen molar-refractivity contribution in [2.75, 3.05) is 4.31 Å². The van der Waals surface area contributed by atoms with Crippen molar-refractivity contribution in [1.29, 1.82) is 0 Å². The number of nitrogens with zero attached hydrogens (tertiary/aromatic N) is 2. The number of carbonyl (C=O) groups is 2. The molecule has 6 aromatic rings. The Morgan fingerprint density at radius 2 is 1.45 bits per heavy atom. The summed E-state index contributed by atoms with van der Waals surface area (Å²) in [6.07, 6.45) is -0.0806. The van der Waals surface area contributed by atoms with E-state index in [9.17, 15) is 28.5 Å². The predicted molar refractivity (Wildman–Crippen MR) is 198 cm³/mol. The zero-order chi connectivity index (χ0) is 35.9. The fourth-order valence-corrected chi connectivity index (χ4v) is 6.29. The normalized spacial score (nSPS) is 12.1. The first-order valence-corrected chi connectivity index (χ1v) is 17.1. The van der Waals surface area contributed by atoms with Crippen LogP contribution in [0, 0.1) is 10.1 Å². The molecule has 12 heteroatoms. The molecule has 0 spiro atoms.